The summed E-state index contributed by atoms with van der Waals surface area (Å²) in [5.74, 6) is 0.183. The first-order valence-electron chi connectivity index (χ1n) is 12.4. The number of nitrogens with zero attached hydrogens (tertiary/aromatic N) is 1. The molecule has 4 aromatic carbocycles. The minimum Gasteiger partial charge on any atom is -0.486 e. The van der Waals surface area contributed by atoms with Crippen molar-refractivity contribution in [2.45, 2.75) is 20.5 Å². The van der Waals surface area contributed by atoms with Crippen molar-refractivity contribution in [2.75, 3.05) is 18.5 Å². The molecule has 6 nitrogen and oxygen atoms in total. The van der Waals surface area contributed by atoms with Gasteiger partial charge in [0.2, 0.25) is 0 Å². The van der Waals surface area contributed by atoms with E-state index in [2.05, 4.69) is 72.9 Å². The largest absolute Gasteiger partial charge is 0.486 e. The van der Waals surface area contributed by atoms with Gasteiger partial charge in [0.05, 0.1) is 10.6 Å². The third kappa shape index (κ3) is 5.79. The van der Waals surface area contributed by atoms with Gasteiger partial charge < -0.3 is 19.9 Å². The van der Waals surface area contributed by atoms with Crippen molar-refractivity contribution in [2.24, 2.45) is 0 Å². The number of thiazole rings is 1. The first-order chi connectivity index (χ1) is 18.5. The summed E-state index contributed by atoms with van der Waals surface area (Å²) in [4.78, 5) is 16.9. The van der Waals surface area contributed by atoms with Gasteiger partial charge >= 0.3 is 5.97 Å². The Morgan fingerprint density at radius 1 is 0.921 bits per heavy atom. The zero-order valence-corrected chi connectivity index (χ0v) is 22.0. The Morgan fingerprint density at radius 3 is 2.42 bits per heavy atom. The second kappa shape index (κ2) is 11.4. The summed E-state index contributed by atoms with van der Waals surface area (Å²) in [6.45, 7) is 4.74. The Hall–Kier alpha value is -4.36. The molecule has 0 saturated heterocycles. The van der Waals surface area contributed by atoms with Gasteiger partial charge in [0.15, 0.2) is 6.61 Å². The maximum Gasteiger partial charge on any atom is 0.341 e. The number of aliphatic carboxylic acids is 1. The number of aromatic nitrogens is 1. The Labute approximate surface area is 225 Å². The highest BCUT2D eigenvalue weighted by molar-refractivity contribution is 7.15. The van der Waals surface area contributed by atoms with E-state index < -0.39 is 5.97 Å². The van der Waals surface area contributed by atoms with Crippen LogP contribution in [0.3, 0.4) is 0 Å². The fourth-order valence-electron chi connectivity index (χ4n) is 4.26. The van der Waals surface area contributed by atoms with Gasteiger partial charge in [-0.2, -0.15) is 0 Å². The Bertz CT molecular complexity index is 1580. The molecule has 1 aromatic heterocycles. The van der Waals surface area contributed by atoms with E-state index in [4.69, 9.17) is 19.6 Å². The minimum atomic E-state index is -1.01. The van der Waals surface area contributed by atoms with E-state index in [9.17, 15) is 4.79 Å². The predicted molar refractivity (Wildman–Crippen MR) is 153 cm³/mol. The Kier molecular flexibility index (Phi) is 7.56. The number of anilines is 1. The fourth-order valence-corrected chi connectivity index (χ4v) is 5.25. The highest BCUT2D eigenvalue weighted by atomic mass is 32.1. The van der Waals surface area contributed by atoms with Crippen molar-refractivity contribution < 1.29 is 19.4 Å². The van der Waals surface area contributed by atoms with Crippen LogP contribution >= 0.6 is 11.3 Å². The molecule has 5 rings (SSSR count). The molecule has 0 aliphatic heterocycles. The summed E-state index contributed by atoms with van der Waals surface area (Å²) < 4.78 is 11.4. The van der Waals surface area contributed by atoms with Gasteiger partial charge in [0.25, 0.3) is 0 Å². The average Bonchev–Trinajstić information content (AvgIpc) is 3.36. The Morgan fingerprint density at radius 2 is 1.68 bits per heavy atom. The normalized spacial score (nSPS) is 10.9. The number of aryl methyl sites for hydroxylation is 1. The van der Waals surface area contributed by atoms with E-state index in [1.807, 2.05) is 19.1 Å². The zero-order valence-electron chi connectivity index (χ0n) is 21.2. The van der Waals surface area contributed by atoms with Gasteiger partial charge in [-0.25, -0.2) is 9.78 Å². The second-order valence-corrected chi connectivity index (χ2v) is 9.94. The molecule has 7 heteroatoms. The summed E-state index contributed by atoms with van der Waals surface area (Å²) in [6.07, 6.45) is 0. The molecule has 0 atom stereocenters. The number of carboxylic acid groups (broad SMARTS) is 1. The molecule has 0 amide bonds. The van der Waals surface area contributed by atoms with Gasteiger partial charge in [-0.1, -0.05) is 48.5 Å². The van der Waals surface area contributed by atoms with Gasteiger partial charge in [0.1, 0.15) is 23.1 Å². The van der Waals surface area contributed by atoms with Crippen LogP contribution in [-0.4, -0.2) is 29.2 Å². The van der Waals surface area contributed by atoms with Crippen LogP contribution in [0, 0.1) is 6.92 Å². The summed E-state index contributed by atoms with van der Waals surface area (Å²) >= 11 is 1.63. The van der Waals surface area contributed by atoms with Crippen molar-refractivity contribution in [3.63, 3.8) is 0 Å². The van der Waals surface area contributed by atoms with E-state index >= 15 is 0 Å². The minimum absolute atomic E-state index is 0.315. The van der Waals surface area contributed by atoms with E-state index in [-0.39, 0.29) is 6.61 Å². The number of hydrogen-bond donors (Lipinski definition) is 2. The monoisotopic (exact) mass is 524 g/mol. The number of nitrogens with one attached hydrogen (secondary N) is 1. The van der Waals surface area contributed by atoms with Gasteiger partial charge in [-0.3, -0.25) is 0 Å². The lowest BCUT2D eigenvalue weighted by Crippen LogP contribution is -2.10. The molecule has 0 saturated carbocycles. The molecule has 0 aliphatic rings. The molecule has 0 fully saturated rings. The average molecular weight is 525 g/mol. The molecule has 0 bridgehead atoms. The lowest BCUT2D eigenvalue weighted by molar-refractivity contribution is -0.139. The molecule has 0 spiro atoms. The number of hydrogen-bond acceptors (Lipinski definition) is 6. The highest BCUT2D eigenvalue weighted by Gasteiger charge is 2.16. The summed E-state index contributed by atoms with van der Waals surface area (Å²) in [5, 5.41) is 15.4. The van der Waals surface area contributed by atoms with Gasteiger partial charge in [-0.05, 0) is 72.1 Å². The maximum atomic E-state index is 10.8. The second-order valence-electron chi connectivity index (χ2n) is 8.85. The van der Waals surface area contributed by atoms with Crippen LogP contribution in [0.15, 0.2) is 84.9 Å². The van der Waals surface area contributed by atoms with Crippen LogP contribution in [-0.2, 0) is 11.4 Å². The number of carbonyl (C=O) groups is 1. The lowest BCUT2D eigenvalue weighted by atomic mass is 10.0. The van der Waals surface area contributed by atoms with Crippen LogP contribution in [0.1, 0.15) is 17.5 Å². The molecule has 5 aromatic rings. The number of fused-ring (bicyclic) bond motifs is 1. The third-order valence-electron chi connectivity index (χ3n) is 6.08. The summed E-state index contributed by atoms with van der Waals surface area (Å²) in [7, 11) is 0. The molecule has 38 heavy (non-hydrogen) atoms. The van der Waals surface area contributed by atoms with Crippen LogP contribution < -0.4 is 14.8 Å². The van der Waals surface area contributed by atoms with E-state index in [1.165, 1.54) is 10.8 Å². The van der Waals surface area contributed by atoms with E-state index in [0.29, 0.717) is 18.1 Å². The molecule has 0 radical (unpaired) electrons. The van der Waals surface area contributed by atoms with Gasteiger partial charge in [0, 0.05) is 17.8 Å². The number of ether oxygens (including phenoxy) is 2. The molecule has 0 unspecified atom stereocenters. The molecule has 192 valence electrons. The topological polar surface area (TPSA) is 80.7 Å². The van der Waals surface area contributed by atoms with Crippen molar-refractivity contribution in [1.82, 2.24) is 4.98 Å². The van der Waals surface area contributed by atoms with Crippen molar-refractivity contribution in [3.8, 4) is 33.2 Å². The first-order valence-corrected chi connectivity index (χ1v) is 13.2. The first kappa shape index (κ1) is 25.3. The smallest absolute Gasteiger partial charge is 0.341 e. The lowest BCUT2D eigenvalue weighted by Gasteiger charge is -2.09. The van der Waals surface area contributed by atoms with Crippen LogP contribution in [0.5, 0.6) is 11.5 Å². The van der Waals surface area contributed by atoms with E-state index in [0.717, 1.165) is 44.5 Å². The van der Waals surface area contributed by atoms with Crippen molar-refractivity contribution in [3.05, 3.63) is 95.5 Å². The summed E-state index contributed by atoms with van der Waals surface area (Å²) in [5.41, 5.74) is 4.98. The van der Waals surface area contributed by atoms with Crippen molar-refractivity contribution in [1.29, 1.82) is 0 Å². The van der Waals surface area contributed by atoms with E-state index in [1.54, 1.807) is 23.5 Å². The standard InChI is InChI=1S/C31H28N2O4S/c1-3-32-25-12-10-22(11-13-25)30-31(24-9-8-21-6-4-5-7-23(21)17-24)38-28(33-30)18-36-26-14-15-27(20(2)16-26)37-19-29(34)35/h4-17,32H,3,18-19H2,1-2H3,(H,34,35). The molecular formula is C31H28N2O4S. The zero-order chi connectivity index (χ0) is 26.5. The predicted octanol–water partition coefficient (Wildman–Crippen LogP) is 7.41. The van der Waals surface area contributed by atoms with Gasteiger partial charge in [-0.15, -0.1) is 11.3 Å². The van der Waals surface area contributed by atoms with Crippen LogP contribution in [0.25, 0.3) is 32.5 Å². The molecular weight excluding hydrogens is 496 g/mol. The molecule has 2 N–H and O–H groups in total. The van der Waals surface area contributed by atoms with Crippen LogP contribution in [0.2, 0.25) is 0 Å². The Balaban J connectivity index is 1.44. The molecule has 1 heterocycles. The third-order valence-corrected chi connectivity index (χ3v) is 7.16. The number of rotatable bonds is 10. The SMILES string of the molecule is CCNc1ccc(-c2nc(COc3ccc(OCC(=O)O)c(C)c3)sc2-c2ccc3ccccc3c2)cc1. The summed E-state index contributed by atoms with van der Waals surface area (Å²) in [6, 6.07) is 28.6. The fraction of sp³-hybridized carbons (Fsp3) is 0.161. The van der Waals surface area contributed by atoms with Crippen LogP contribution in [0.4, 0.5) is 5.69 Å². The highest BCUT2D eigenvalue weighted by Crippen LogP contribution is 2.39. The number of carboxylic acids is 1. The van der Waals surface area contributed by atoms with Crippen molar-refractivity contribution >= 4 is 33.8 Å². The number of benzene rings is 4. The maximum absolute atomic E-state index is 10.8. The quantitative estimate of drug-likeness (QED) is 0.198. The molecule has 0 aliphatic carbocycles.